The first kappa shape index (κ1) is 50.2. The summed E-state index contributed by atoms with van der Waals surface area (Å²) in [6.45, 7) is 8.48. The van der Waals surface area contributed by atoms with Gasteiger partial charge in [0.2, 0.25) is 23.6 Å². The van der Waals surface area contributed by atoms with Gasteiger partial charge < -0.3 is 56.5 Å². The molecule has 3 aromatic rings. The molecule has 0 fully saturated rings. The number of aliphatic hydroxyl groups excluding tert-OH is 2. The lowest BCUT2D eigenvalue weighted by Gasteiger charge is -2.30. The van der Waals surface area contributed by atoms with Crippen molar-refractivity contribution >= 4 is 35.7 Å². The van der Waals surface area contributed by atoms with Gasteiger partial charge in [0, 0.05) is 6.42 Å². The first-order valence-corrected chi connectivity index (χ1v) is 20.5. The van der Waals surface area contributed by atoms with Crippen LogP contribution in [-0.4, -0.2) is 106 Å². The SMILES string of the molecule is COC(=O)C[C@H](O)C(CC(C)C)NC(=O)[C@H](C)NC(=O)C[C@H](O)[C@H](Cc1ccc(O)cc1)NC(=O)[C@@H](NC(=O)[C@H](Cc1ccc(O)cc1)NC(=O)OCc1ccccc1)C(C)C. The van der Waals surface area contributed by atoms with Gasteiger partial charge in [0.1, 0.15) is 36.2 Å². The highest BCUT2D eigenvalue weighted by Crippen LogP contribution is 2.17. The zero-order valence-corrected chi connectivity index (χ0v) is 36.0. The summed E-state index contributed by atoms with van der Waals surface area (Å²) in [6.07, 6.45) is -4.28. The van der Waals surface area contributed by atoms with E-state index < -0.39 is 90.4 Å². The Kier molecular flexibility index (Phi) is 20.2. The fourth-order valence-electron chi connectivity index (χ4n) is 6.44. The number of alkyl carbamates (subject to hydrolysis) is 1. The average Bonchev–Trinajstić information content (AvgIpc) is 3.22. The fourth-order valence-corrected chi connectivity index (χ4v) is 6.44. The van der Waals surface area contributed by atoms with Gasteiger partial charge in [-0.25, -0.2) is 4.79 Å². The molecule has 3 rings (SSSR count). The van der Waals surface area contributed by atoms with E-state index in [1.54, 1.807) is 62.4 Å². The van der Waals surface area contributed by atoms with E-state index in [1.807, 2.05) is 19.9 Å². The van der Waals surface area contributed by atoms with Crippen LogP contribution in [0.2, 0.25) is 0 Å². The predicted molar refractivity (Wildman–Crippen MR) is 228 cm³/mol. The molecule has 7 atom stereocenters. The highest BCUT2D eigenvalue weighted by molar-refractivity contribution is 5.92. The van der Waals surface area contributed by atoms with Gasteiger partial charge in [-0.15, -0.1) is 0 Å². The van der Waals surface area contributed by atoms with Crippen LogP contribution in [0.25, 0.3) is 0 Å². The summed E-state index contributed by atoms with van der Waals surface area (Å²) >= 11 is 0. The summed E-state index contributed by atoms with van der Waals surface area (Å²) in [5.41, 5.74) is 1.89. The second-order valence-electron chi connectivity index (χ2n) is 16.0. The Labute approximate surface area is 362 Å². The lowest BCUT2D eigenvalue weighted by atomic mass is 9.96. The summed E-state index contributed by atoms with van der Waals surface area (Å²) in [5, 5.41) is 55.0. The van der Waals surface area contributed by atoms with E-state index in [-0.39, 0.29) is 43.3 Å². The Balaban J connectivity index is 1.76. The minimum absolute atomic E-state index is 0.00288. The number of nitrogens with one attached hydrogen (secondary N) is 5. The average molecular weight is 864 g/mol. The maximum atomic E-state index is 14.0. The second-order valence-corrected chi connectivity index (χ2v) is 16.0. The maximum absolute atomic E-state index is 14.0. The number of methoxy groups -OCH3 is 1. The second kappa shape index (κ2) is 24.9. The number of carbonyl (C=O) groups excluding carboxylic acids is 6. The summed E-state index contributed by atoms with van der Waals surface area (Å²) in [4.78, 5) is 79.1. The van der Waals surface area contributed by atoms with Gasteiger partial charge in [-0.3, -0.25) is 24.0 Å². The summed E-state index contributed by atoms with van der Waals surface area (Å²) in [6, 6.07) is 15.5. The highest BCUT2D eigenvalue weighted by atomic mass is 16.5. The molecule has 3 aromatic carbocycles. The Hall–Kier alpha value is -6.20. The van der Waals surface area contributed by atoms with Crippen molar-refractivity contribution in [2.45, 2.75) is 116 Å². The molecule has 0 saturated carbocycles. The molecule has 0 aromatic heterocycles. The van der Waals surface area contributed by atoms with Crippen LogP contribution in [0.3, 0.4) is 0 Å². The van der Waals surface area contributed by atoms with Crippen molar-refractivity contribution in [1.82, 2.24) is 26.6 Å². The van der Waals surface area contributed by atoms with E-state index in [0.717, 1.165) is 5.56 Å². The highest BCUT2D eigenvalue weighted by Gasteiger charge is 2.33. The summed E-state index contributed by atoms with van der Waals surface area (Å²) in [7, 11) is 1.18. The maximum Gasteiger partial charge on any atom is 0.408 e. The van der Waals surface area contributed by atoms with Crippen molar-refractivity contribution in [1.29, 1.82) is 0 Å². The molecule has 17 nitrogen and oxygen atoms in total. The quantitative estimate of drug-likeness (QED) is 0.0624. The number of rotatable bonds is 23. The number of phenolic OH excluding ortho intramolecular Hbond substituents is 2. The number of esters is 1. The number of hydrogen-bond acceptors (Lipinski definition) is 12. The van der Waals surface area contributed by atoms with Crippen LogP contribution in [0.5, 0.6) is 11.5 Å². The molecule has 0 heterocycles. The van der Waals surface area contributed by atoms with Gasteiger partial charge in [-0.1, -0.05) is 82.3 Å². The van der Waals surface area contributed by atoms with Gasteiger partial charge in [0.15, 0.2) is 0 Å². The van der Waals surface area contributed by atoms with Crippen LogP contribution in [-0.2, 0) is 52.9 Å². The molecule has 5 amide bonds. The number of benzene rings is 3. The van der Waals surface area contributed by atoms with Crippen molar-refractivity contribution in [3.8, 4) is 11.5 Å². The first-order valence-electron chi connectivity index (χ1n) is 20.5. The minimum Gasteiger partial charge on any atom is -0.508 e. The molecule has 1 unspecified atom stereocenters. The Morgan fingerprint density at radius 1 is 0.597 bits per heavy atom. The van der Waals surface area contributed by atoms with Crippen LogP contribution >= 0.6 is 0 Å². The van der Waals surface area contributed by atoms with Crippen molar-refractivity contribution in [2.75, 3.05) is 7.11 Å². The predicted octanol–water partition coefficient (Wildman–Crippen LogP) is 2.51. The monoisotopic (exact) mass is 863 g/mol. The number of hydrogen-bond donors (Lipinski definition) is 9. The molecule has 62 heavy (non-hydrogen) atoms. The number of aromatic hydroxyl groups is 2. The molecular formula is C45H61N5O12. The number of phenols is 2. The van der Waals surface area contributed by atoms with Crippen molar-refractivity contribution in [2.24, 2.45) is 11.8 Å². The van der Waals surface area contributed by atoms with E-state index in [9.17, 15) is 49.2 Å². The topological polar surface area (TPSA) is 262 Å². The first-order chi connectivity index (χ1) is 29.3. The number of aliphatic hydroxyl groups is 2. The van der Waals surface area contributed by atoms with Crippen LogP contribution < -0.4 is 26.6 Å². The lowest BCUT2D eigenvalue weighted by Crippen LogP contribution is -2.58. The molecule has 0 aliphatic rings. The molecule has 0 aliphatic carbocycles. The molecule has 17 heteroatoms. The van der Waals surface area contributed by atoms with E-state index in [0.29, 0.717) is 17.5 Å². The number of amides is 5. The van der Waals surface area contributed by atoms with E-state index in [4.69, 9.17) is 4.74 Å². The van der Waals surface area contributed by atoms with Crippen molar-refractivity contribution in [3.05, 3.63) is 95.6 Å². The summed E-state index contributed by atoms with van der Waals surface area (Å²) in [5.74, 6) is -3.96. The largest absolute Gasteiger partial charge is 0.508 e. The normalized spacial score (nSPS) is 14.5. The molecule has 0 spiro atoms. The van der Waals surface area contributed by atoms with Crippen LogP contribution in [0.4, 0.5) is 4.79 Å². The number of carbonyl (C=O) groups is 6. The molecule has 0 bridgehead atoms. The van der Waals surface area contributed by atoms with Gasteiger partial charge in [-0.2, -0.15) is 0 Å². The third kappa shape index (κ3) is 17.4. The molecular weight excluding hydrogens is 803 g/mol. The minimum atomic E-state index is -1.52. The smallest absolute Gasteiger partial charge is 0.408 e. The van der Waals surface area contributed by atoms with Crippen LogP contribution in [0.15, 0.2) is 78.9 Å². The van der Waals surface area contributed by atoms with E-state index >= 15 is 0 Å². The van der Waals surface area contributed by atoms with Crippen LogP contribution in [0.1, 0.15) is 70.6 Å². The van der Waals surface area contributed by atoms with Crippen molar-refractivity contribution in [3.63, 3.8) is 0 Å². The van der Waals surface area contributed by atoms with Gasteiger partial charge in [0.05, 0.1) is 44.2 Å². The van der Waals surface area contributed by atoms with Gasteiger partial charge >= 0.3 is 12.1 Å². The molecule has 338 valence electrons. The zero-order chi connectivity index (χ0) is 45.9. The zero-order valence-electron chi connectivity index (χ0n) is 36.0. The Bertz CT molecular complexity index is 1910. The molecule has 0 radical (unpaired) electrons. The Morgan fingerprint density at radius 2 is 1.15 bits per heavy atom. The number of ether oxygens (including phenoxy) is 2. The molecule has 9 N–H and O–H groups in total. The Morgan fingerprint density at radius 3 is 1.69 bits per heavy atom. The molecule has 0 saturated heterocycles. The third-order valence-electron chi connectivity index (χ3n) is 9.91. The lowest BCUT2D eigenvalue weighted by molar-refractivity contribution is -0.144. The molecule has 0 aliphatic heterocycles. The van der Waals surface area contributed by atoms with E-state index in [2.05, 4.69) is 31.3 Å². The van der Waals surface area contributed by atoms with Crippen molar-refractivity contribution < 1.29 is 58.7 Å². The fraction of sp³-hybridized carbons (Fsp3) is 0.467. The summed E-state index contributed by atoms with van der Waals surface area (Å²) < 4.78 is 10.00. The van der Waals surface area contributed by atoms with Gasteiger partial charge in [-0.05, 0) is 72.6 Å². The van der Waals surface area contributed by atoms with Gasteiger partial charge in [0.25, 0.3) is 0 Å². The van der Waals surface area contributed by atoms with Crippen LogP contribution in [0, 0.1) is 11.8 Å². The third-order valence-corrected chi connectivity index (χ3v) is 9.91. The van der Waals surface area contributed by atoms with E-state index in [1.165, 1.54) is 38.3 Å². The standard InChI is InChI=1S/C45H61N5O12/c1-26(2)20-34(38(54)24-40(56)61-6)47-42(57)28(5)46-39(55)23-37(53)35(21-29-12-16-32(51)17-13-29)48-44(59)41(27(3)4)50-43(58)36(22-30-14-18-33(52)19-15-30)49-45(60)62-25-31-10-8-7-9-11-31/h7-19,26-28,34-38,41,51-54H,20-25H2,1-6H3,(H,46,55)(H,47,57)(H,48,59)(H,49,60)(H,50,58)/t28-,34?,35-,36-,37-,38-,41-/m0/s1.